The van der Waals surface area contributed by atoms with Crippen LogP contribution < -0.4 is 11.2 Å². The maximum absolute atomic E-state index is 12.2. The Balaban J connectivity index is 1.79. The zero-order chi connectivity index (χ0) is 21.2. The highest BCUT2D eigenvalue weighted by Crippen LogP contribution is 2.33. The number of esters is 1. The molecule has 2 aliphatic heterocycles. The van der Waals surface area contributed by atoms with Crippen molar-refractivity contribution in [3.05, 3.63) is 33.1 Å². The summed E-state index contributed by atoms with van der Waals surface area (Å²) in [4.78, 5) is 37.9. The average Bonchev–Trinajstić information content (AvgIpc) is 2.95. The van der Waals surface area contributed by atoms with Gasteiger partial charge < -0.3 is 24.1 Å². The summed E-state index contributed by atoms with van der Waals surface area (Å²) in [5, 5.41) is 10.8. The minimum Gasteiger partial charge on any atom is -0.462 e. The monoisotopic (exact) mass is 412 g/mol. The minimum atomic E-state index is -1.17. The van der Waals surface area contributed by atoms with Crippen LogP contribution in [0.4, 0.5) is 0 Å². The van der Waals surface area contributed by atoms with E-state index in [1.54, 1.807) is 20.8 Å². The third-order valence-electron chi connectivity index (χ3n) is 4.88. The number of rotatable bonds is 5. The van der Waals surface area contributed by atoms with E-state index in [1.165, 1.54) is 12.3 Å². The molecule has 2 fully saturated rings. The lowest BCUT2D eigenvalue weighted by atomic mass is 9.97. The number of hydrogen-bond acceptors (Lipinski definition) is 8. The van der Waals surface area contributed by atoms with Gasteiger partial charge in [0.15, 0.2) is 12.5 Å². The van der Waals surface area contributed by atoms with Gasteiger partial charge in [-0.1, -0.05) is 0 Å². The second-order valence-electron chi connectivity index (χ2n) is 8.32. The molecule has 1 aromatic rings. The molecule has 0 radical (unpaired) electrons. The van der Waals surface area contributed by atoms with E-state index in [0.29, 0.717) is 13.0 Å². The Morgan fingerprint density at radius 1 is 1.34 bits per heavy atom. The van der Waals surface area contributed by atoms with E-state index < -0.39 is 53.5 Å². The zero-order valence-corrected chi connectivity index (χ0v) is 16.8. The molecule has 10 heteroatoms. The number of carbonyl (C=O) groups is 1. The minimum absolute atomic E-state index is 0.197. The summed E-state index contributed by atoms with van der Waals surface area (Å²) < 4.78 is 23.8. The third-order valence-corrected chi connectivity index (χ3v) is 4.88. The highest BCUT2D eigenvalue weighted by atomic mass is 16.7. The molecule has 5 atom stereocenters. The van der Waals surface area contributed by atoms with Gasteiger partial charge in [-0.25, -0.2) is 4.79 Å². The lowest BCUT2D eigenvalue weighted by Gasteiger charge is -2.29. The van der Waals surface area contributed by atoms with Crippen molar-refractivity contribution in [1.29, 1.82) is 0 Å². The molecule has 0 amide bonds. The van der Waals surface area contributed by atoms with Gasteiger partial charge in [0.05, 0.1) is 5.41 Å². The van der Waals surface area contributed by atoms with Gasteiger partial charge in [-0.05, 0) is 40.0 Å². The quantitative estimate of drug-likeness (QED) is 0.661. The van der Waals surface area contributed by atoms with Crippen molar-refractivity contribution >= 4 is 5.97 Å². The lowest BCUT2D eigenvalue weighted by molar-refractivity contribution is -0.215. The number of nitrogens with zero attached hydrogens (tertiary/aromatic N) is 1. The predicted octanol–water partition coefficient (Wildman–Crippen LogP) is 0.296. The number of H-pyrrole nitrogens is 1. The SMILES string of the molecule is CC(C)(C)C(=O)OC[C@H]1O[C@@H](n2ccc(=O)[nH]c2=O)[C@H](OC2CCCCO2)[C@@H]1O. The van der Waals surface area contributed by atoms with Crippen LogP contribution in [0.15, 0.2) is 21.9 Å². The van der Waals surface area contributed by atoms with Gasteiger partial charge in [0.1, 0.15) is 24.9 Å². The van der Waals surface area contributed by atoms with Crippen LogP contribution in [0, 0.1) is 5.41 Å². The van der Waals surface area contributed by atoms with E-state index in [0.717, 1.165) is 17.4 Å². The Labute approximate surface area is 167 Å². The Morgan fingerprint density at radius 3 is 2.72 bits per heavy atom. The van der Waals surface area contributed by atoms with Gasteiger partial charge in [0.25, 0.3) is 5.56 Å². The predicted molar refractivity (Wildman–Crippen MR) is 100 cm³/mol. The topological polar surface area (TPSA) is 129 Å². The molecule has 0 aromatic carbocycles. The van der Waals surface area contributed by atoms with Crippen molar-refractivity contribution in [3.8, 4) is 0 Å². The van der Waals surface area contributed by atoms with Gasteiger partial charge >= 0.3 is 11.7 Å². The van der Waals surface area contributed by atoms with Crippen LogP contribution in [-0.2, 0) is 23.7 Å². The molecule has 3 heterocycles. The molecule has 10 nitrogen and oxygen atoms in total. The number of aliphatic hydroxyl groups is 1. The van der Waals surface area contributed by atoms with Crippen LogP contribution >= 0.6 is 0 Å². The van der Waals surface area contributed by atoms with Crippen LogP contribution in [-0.4, -0.2) is 58.4 Å². The van der Waals surface area contributed by atoms with E-state index in [4.69, 9.17) is 18.9 Å². The number of hydrogen-bond donors (Lipinski definition) is 2. The summed E-state index contributed by atoms with van der Waals surface area (Å²) in [6, 6.07) is 1.18. The van der Waals surface area contributed by atoms with Crippen molar-refractivity contribution in [2.24, 2.45) is 5.41 Å². The molecule has 0 aliphatic carbocycles. The van der Waals surface area contributed by atoms with E-state index in [9.17, 15) is 19.5 Å². The molecular formula is C19H28N2O8. The average molecular weight is 412 g/mol. The molecule has 2 saturated heterocycles. The second kappa shape index (κ2) is 8.78. The Morgan fingerprint density at radius 2 is 2.10 bits per heavy atom. The van der Waals surface area contributed by atoms with E-state index in [1.807, 2.05) is 0 Å². The summed E-state index contributed by atoms with van der Waals surface area (Å²) in [7, 11) is 0. The highest BCUT2D eigenvalue weighted by molar-refractivity contribution is 5.75. The first-order chi connectivity index (χ1) is 13.7. The molecule has 2 aliphatic rings. The van der Waals surface area contributed by atoms with Crippen molar-refractivity contribution in [2.45, 2.75) is 70.9 Å². The van der Waals surface area contributed by atoms with E-state index in [2.05, 4.69) is 4.98 Å². The van der Waals surface area contributed by atoms with Crippen molar-refractivity contribution in [3.63, 3.8) is 0 Å². The first kappa shape index (κ1) is 21.7. The van der Waals surface area contributed by atoms with Gasteiger partial charge in [0.2, 0.25) is 0 Å². The number of nitrogens with one attached hydrogen (secondary N) is 1. The van der Waals surface area contributed by atoms with Gasteiger partial charge in [-0.2, -0.15) is 0 Å². The molecule has 3 rings (SSSR count). The fraction of sp³-hybridized carbons (Fsp3) is 0.737. The normalized spacial score (nSPS) is 30.3. The number of ether oxygens (including phenoxy) is 4. The standard InChI is InChI=1S/C19H28N2O8/c1-19(2,3)17(24)27-10-11-14(23)15(29-13-6-4-5-9-26-13)16(28-11)21-8-7-12(22)20-18(21)25/h7-8,11,13-16,23H,4-6,9-10H2,1-3H3,(H,20,22,25)/t11-,13?,14-,15-,16-/m1/s1. The lowest BCUT2D eigenvalue weighted by Crippen LogP contribution is -2.42. The Bertz CT molecular complexity index is 820. The third kappa shape index (κ3) is 5.13. The summed E-state index contributed by atoms with van der Waals surface area (Å²) in [5.41, 5.74) is -1.95. The van der Waals surface area contributed by atoms with Crippen LogP contribution in [0.25, 0.3) is 0 Å². The molecule has 0 saturated carbocycles. The Kier molecular flexibility index (Phi) is 6.57. The number of aromatic amines is 1. The first-order valence-corrected chi connectivity index (χ1v) is 9.76. The van der Waals surface area contributed by atoms with Crippen LogP contribution in [0.2, 0.25) is 0 Å². The Hall–Kier alpha value is -2.01. The molecule has 0 spiro atoms. The fourth-order valence-corrected chi connectivity index (χ4v) is 3.22. The molecule has 2 N–H and O–H groups in total. The zero-order valence-electron chi connectivity index (χ0n) is 16.8. The molecule has 162 valence electrons. The number of carbonyl (C=O) groups excluding carboxylic acids is 1. The van der Waals surface area contributed by atoms with Gasteiger partial charge in [-0.15, -0.1) is 0 Å². The van der Waals surface area contributed by atoms with Gasteiger partial charge in [-0.3, -0.25) is 19.1 Å². The first-order valence-electron chi connectivity index (χ1n) is 9.76. The molecule has 29 heavy (non-hydrogen) atoms. The summed E-state index contributed by atoms with van der Waals surface area (Å²) in [6.45, 7) is 5.50. The van der Waals surface area contributed by atoms with Crippen molar-refractivity contribution in [1.82, 2.24) is 9.55 Å². The molecule has 0 bridgehead atoms. The molecule has 1 aromatic heterocycles. The highest BCUT2D eigenvalue weighted by Gasteiger charge is 2.48. The number of aromatic nitrogens is 2. The maximum atomic E-state index is 12.2. The van der Waals surface area contributed by atoms with Crippen LogP contribution in [0.3, 0.4) is 0 Å². The van der Waals surface area contributed by atoms with Crippen molar-refractivity contribution in [2.75, 3.05) is 13.2 Å². The van der Waals surface area contributed by atoms with Crippen LogP contribution in [0.5, 0.6) is 0 Å². The van der Waals surface area contributed by atoms with Gasteiger partial charge in [0, 0.05) is 18.9 Å². The van der Waals surface area contributed by atoms with Crippen molar-refractivity contribution < 1.29 is 28.8 Å². The summed E-state index contributed by atoms with van der Waals surface area (Å²) >= 11 is 0. The summed E-state index contributed by atoms with van der Waals surface area (Å²) in [6.07, 6.45) is -0.791. The van der Waals surface area contributed by atoms with E-state index >= 15 is 0 Å². The van der Waals surface area contributed by atoms with E-state index in [-0.39, 0.29) is 6.61 Å². The largest absolute Gasteiger partial charge is 0.462 e. The smallest absolute Gasteiger partial charge is 0.330 e. The fourth-order valence-electron chi connectivity index (χ4n) is 3.22. The molecule has 1 unspecified atom stereocenters. The molecular weight excluding hydrogens is 384 g/mol. The number of aliphatic hydroxyl groups excluding tert-OH is 1. The van der Waals surface area contributed by atoms with Crippen LogP contribution in [0.1, 0.15) is 46.3 Å². The second-order valence-corrected chi connectivity index (χ2v) is 8.32. The summed E-state index contributed by atoms with van der Waals surface area (Å²) in [5.74, 6) is -0.439. The maximum Gasteiger partial charge on any atom is 0.330 e.